The Bertz CT molecular complexity index is 268. The molecule has 0 spiro atoms. The van der Waals surface area contributed by atoms with E-state index in [1.807, 2.05) is 6.92 Å². The maximum absolute atomic E-state index is 3.69. The van der Waals surface area contributed by atoms with Crippen LogP contribution in [-0.4, -0.2) is 12.6 Å². The summed E-state index contributed by atoms with van der Waals surface area (Å²) >= 11 is 0. The minimum atomic E-state index is 0.804. The molecule has 4 fully saturated rings. The quantitative estimate of drug-likeness (QED) is 0.680. The van der Waals surface area contributed by atoms with E-state index in [1.54, 1.807) is 6.42 Å². The van der Waals surface area contributed by atoms with E-state index in [1.165, 1.54) is 25.7 Å². The van der Waals surface area contributed by atoms with Crippen LogP contribution in [0.1, 0.15) is 39.0 Å². The molecule has 0 amide bonds. The number of hydrogen-bond acceptors (Lipinski definition) is 1. The topological polar surface area (TPSA) is 12.0 Å². The standard InChI is InChI=1S/C14H21N/c1-2-3-4-15-14-12-6-10-5-11(8-12)9-13(14)7-10/h10-15H,4-9H2,1H3. The van der Waals surface area contributed by atoms with Gasteiger partial charge in [0, 0.05) is 6.04 Å². The van der Waals surface area contributed by atoms with E-state index in [9.17, 15) is 0 Å². The van der Waals surface area contributed by atoms with Gasteiger partial charge in [-0.3, -0.25) is 0 Å². The largest absolute Gasteiger partial charge is 0.303 e. The summed E-state index contributed by atoms with van der Waals surface area (Å²) in [5, 5.41) is 3.69. The molecule has 15 heavy (non-hydrogen) atoms. The fourth-order valence-electron chi connectivity index (χ4n) is 4.52. The maximum Gasteiger partial charge on any atom is 0.0578 e. The molecule has 0 saturated heterocycles. The molecule has 1 heteroatoms. The third-order valence-corrected chi connectivity index (χ3v) is 4.83. The Kier molecular flexibility index (Phi) is 2.48. The lowest BCUT2D eigenvalue weighted by molar-refractivity contribution is -0.0121. The van der Waals surface area contributed by atoms with Crippen LogP contribution in [0.3, 0.4) is 0 Å². The molecule has 0 aromatic heterocycles. The van der Waals surface area contributed by atoms with Crippen LogP contribution in [-0.2, 0) is 0 Å². The molecule has 0 aliphatic heterocycles. The molecule has 82 valence electrons. The van der Waals surface area contributed by atoms with Crippen LogP contribution in [0.15, 0.2) is 0 Å². The van der Waals surface area contributed by atoms with Crippen molar-refractivity contribution in [2.75, 3.05) is 6.54 Å². The summed E-state index contributed by atoms with van der Waals surface area (Å²) in [6.07, 6.45) is 7.57. The fraction of sp³-hybridized carbons (Fsp3) is 0.857. The predicted octanol–water partition coefficient (Wildman–Crippen LogP) is 2.42. The van der Waals surface area contributed by atoms with Crippen LogP contribution in [0, 0.1) is 35.5 Å². The Morgan fingerprint density at radius 2 is 1.60 bits per heavy atom. The van der Waals surface area contributed by atoms with Gasteiger partial charge in [0.25, 0.3) is 0 Å². The lowest BCUT2D eigenvalue weighted by Crippen LogP contribution is -2.54. The fourth-order valence-corrected chi connectivity index (χ4v) is 4.52. The summed E-state index contributed by atoms with van der Waals surface area (Å²) in [4.78, 5) is 0. The minimum Gasteiger partial charge on any atom is -0.303 e. The molecule has 4 bridgehead atoms. The average Bonchev–Trinajstić information content (AvgIpc) is 2.21. The van der Waals surface area contributed by atoms with Crippen LogP contribution < -0.4 is 5.32 Å². The SMILES string of the molecule is CC#CCNC1C2CC3CC(C2)CC1C3. The Hall–Kier alpha value is -0.480. The molecule has 1 nitrogen and oxygen atoms in total. The molecule has 0 atom stereocenters. The van der Waals surface area contributed by atoms with Crippen molar-refractivity contribution in [3.63, 3.8) is 0 Å². The summed E-state index contributed by atoms with van der Waals surface area (Å²) in [6.45, 7) is 2.84. The monoisotopic (exact) mass is 203 g/mol. The molecule has 0 aromatic carbocycles. The Labute approximate surface area is 93.0 Å². The van der Waals surface area contributed by atoms with Crippen molar-refractivity contribution >= 4 is 0 Å². The Morgan fingerprint density at radius 1 is 1.00 bits per heavy atom. The summed E-state index contributed by atoms with van der Waals surface area (Å²) in [5.74, 6) is 10.3. The van der Waals surface area contributed by atoms with E-state index in [2.05, 4.69) is 17.2 Å². The third kappa shape index (κ3) is 1.70. The lowest BCUT2D eigenvalue weighted by atomic mass is 9.54. The molecular formula is C14H21N. The van der Waals surface area contributed by atoms with Gasteiger partial charge < -0.3 is 5.32 Å². The lowest BCUT2D eigenvalue weighted by Gasteiger charge is -2.54. The minimum absolute atomic E-state index is 0.804. The summed E-state index contributed by atoms with van der Waals surface area (Å²) in [6, 6.07) is 0.804. The molecule has 4 aliphatic rings. The Balaban J connectivity index is 1.66. The first-order valence-electron chi connectivity index (χ1n) is 6.49. The van der Waals surface area contributed by atoms with E-state index in [-0.39, 0.29) is 0 Å². The van der Waals surface area contributed by atoms with E-state index in [0.29, 0.717) is 0 Å². The molecule has 0 aromatic rings. The van der Waals surface area contributed by atoms with Crippen molar-refractivity contribution in [1.82, 2.24) is 5.32 Å². The molecule has 4 rings (SSSR count). The first-order valence-corrected chi connectivity index (χ1v) is 6.49. The van der Waals surface area contributed by atoms with Gasteiger partial charge in [0.05, 0.1) is 6.54 Å². The van der Waals surface area contributed by atoms with Crippen molar-refractivity contribution in [3.05, 3.63) is 0 Å². The van der Waals surface area contributed by atoms with Gasteiger partial charge in [-0.25, -0.2) is 0 Å². The van der Waals surface area contributed by atoms with Crippen molar-refractivity contribution in [1.29, 1.82) is 0 Å². The summed E-state index contributed by atoms with van der Waals surface area (Å²) in [5.41, 5.74) is 0. The molecule has 0 unspecified atom stereocenters. The van der Waals surface area contributed by atoms with Crippen molar-refractivity contribution in [2.45, 2.75) is 45.1 Å². The third-order valence-electron chi connectivity index (χ3n) is 4.83. The summed E-state index contributed by atoms with van der Waals surface area (Å²) < 4.78 is 0. The van der Waals surface area contributed by atoms with Crippen LogP contribution in [0.4, 0.5) is 0 Å². The Morgan fingerprint density at radius 3 is 2.13 bits per heavy atom. The second-order valence-corrected chi connectivity index (χ2v) is 5.76. The predicted molar refractivity (Wildman–Crippen MR) is 62.3 cm³/mol. The zero-order valence-corrected chi connectivity index (χ0v) is 9.63. The highest BCUT2D eigenvalue weighted by atomic mass is 14.9. The van der Waals surface area contributed by atoms with Crippen molar-refractivity contribution in [2.24, 2.45) is 23.7 Å². The normalized spacial score (nSPS) is 46.3. The van der Waals surface area contributed by atoms with Gasteiger partial charge in [-0.1, -0.05) is 5.92 Å². The van der Waals surface area contributed by atoms with E-state index in [4.69, 9.17) is 0 Å². The molecule has 4 saturated carbocycles. The number of hydrogen-bond donors (Lipinski definition) is 1. The first-order chi connectivity index (χ1) is 7.36. The van der Waals surface area contributed by atoms with E-state index >= 15 is 0 Å². The zero-order chi connectivity index (χ0) is 10.3. The van der Waals surface area contributed by atoms with Gasteiger partial charge in [0.15, 0.2) is 0 Å². The van der Waals surface area contributed by atoms with Crippen molar-refractivity contribution < 1.29 is 0 Å². The van der Waals surface area contributed by atoms with Gasteiger partial charge in [-0.05, 0) is 62.7 Å². The molecule has 1 N–H and O–H groups in total. The van der Waals surface area contributed by atoms with Crippen LogP contribution in [0.2, 0.25) is 0 Å². The smallest absolute Gasteiger partial charge is 0.0578 e. The highest BCUT2D eigenvalue weighted by Crippen LogP contribution is 2.53. The second-order valence-electron chi connectivity index (χ2n) is 5.76. The van der Waals surface area contributed by atoms with Gasteiger partial charge in [0.2, 0.25) is 0 Å². The van der Waals surface area contributed by atoms with Crippen LogP contribution in [0.25, 0.3) is 0 Å². The molecular weight excluding hydrogens is 182 g/mol. The van der Waals surface area contributed by atoms with Gasteiger partial charge in [0.1, 0.15) is 0 Å². The molecule has 0 heterocycles. The second kappa shape index (κ2) is 3.83. The number of nitrogens with one attached hydrogen (secondary N) is 1. The van der Waals surface area contributed by atoms with Crippen LogP contribution in [0.5, 0.6) is 0 Å². The molecule has 4 aliphatic carbocycles. The van der Waals surface area contributed by atoms with E-state index < -0.39 is 0 Å². The van der Waals surface area contributed by atoms with Gasteiger partial charge >= 0.3 is 0 Å². The van der Waals surface area contributed by atoms with Gasteiger partial charge in [-0.2, -0.15) is 0 Å². The highest BCUT2D eigenvalue weighted by molar-refractivity contribution is 5.04. The van der Waals surface area contributed by atoms with Crippen LogP contribution >= 0.6 is 0 Å². The van der Waals surface area contributed by atoms with E-state index in [0.717, 1.165) is 36.3 Å². The van der Waals surface area contributed by atoms with Crippen molar-refractivity contribution in [3.8, 4) is 11.8 Å². The van der Waals surface area contributed by atoms with Gasteiger partial charge in [-0.15, -0.1) is 5.92 Å². The highest BCUT2D eigenvalue weighted by Gasteiger charge is 2.47. The average molecular weight is 203 g/mol. The molecule has 0 radical (unpaired) electrons. The maximum atomic E-state index is 3.69. The zero-order valence-electron chi connectivity index (χ0n) is 9.63. The summed E-state index contributed by atoms with van der Waals surface area (Å²) in [7, 11) is 0. The number of rotatable bonds is 2. The first kappa shape index (κ1) is 9.73.